The van der Waals surface area contributed by atoms with Crippen LogP contribution in [0.15, 0.2) is 48.7 Å². The summed E-state index contributed by atoms with van der Waals surface area (Å²) in [4.78, 5) is 42.1. The van der Waals surface area contributed by atoms with E-state index in [1.807, 2.05) is 52.8 Å². The lowest BCUT2D eigenvalue weighted by Gasteiger charge is -2.24. The van der Waals surface area contributed by atoms with Gasteiger partial charge in [0.2, 0.25) is 0 Å². The number of aliphatic hydroxyl groups excluding tert-OH is 1. The molecule has 0 bridgehead atoms. The van der Waals surface area contributed by atoms with Crippen LogP contribution in [0.5, 0.6) is 0 Å². The third kappa shape index (κ3) is 16.2. The monoisotopic (exact) mass is 885 g/mol. The van der Waals surface area contributed by atoms with Crippen molar-refractivity contribution in [2.75, 3.05) is 20.8 Å². The third-order valence-corrected chi connectivity index (χ3v) is 11.2. The lowest BCUT2D eigenvalue weighted by molar-refractivity contribution is -0.140. The summed E-state index contributed by atoms with van der Waals surface area (Å²) in [6.45, 7) is 17.6. The Labute approximate surface area is 371 Å². The van der Waals surface area contributed by atoms with E-state index in [0.717, 1.165) is 22.3 Å². The van der Waals surface area contributed by atoms with Crippen LogP contribution in [0.2, 0.25) is 0 Å². The van der Waals surface area contributed by atoms with Crippen molar-refractivity contribution < 1.29 is 47.2 Å². The fraction of sp³-hybridized carbons (Fsp3) is 0.592. The number of aryl methyl sites for hydroxylation is 1. The molecule has 2 heterocycles. The van der Waals surface area contributed by atoms with E-state index in [0.29, 0.717) is 97.6 Å². The van der Waals surface area contributed by atoms with Gasteiger partial charge in [0.05, 0.1) is 23.5 Å². The number of halogens is 3. The number of nitrogens with zero attached hydrogens (tertiary/aromatic N) is 2. The second-order valence-corrected chi connectivity index (χ2v) is 18.4. The van der Waals surface area contributed by atoms with Gasteiger partial charge in [0.25, 0.3) is 0 Å². The number of benzene rings is 1. The number of likely N-dealkylation sites (N-methyl/N-ethyl adjacent to an activating group) is 1. The molecule has 1 amide bonds. The highest BCUT2D eigenvalue weighted by molar-refractivity contribution is 5.95. The van der Waals surface area contributed by atoms with Crippen molar-refractivity contribution in [3.63, 3.8) is 0 Å². The summed E-state index contributed by atoms with van der Waals surface area (Å²) in [6.07, 6.45) is 3.66. The molecule has 0 fully saturated rings. The smallest absolute Gasteiger partial charge is 0.408 e. The van der Waals surface area contributed by atoms with Gasteiger partial charge in [-0.2, -0.15) is 13.2 Å². The number of carboxylic acids is 1. The van der Waals surface area contributed by atoms with E-state index in [9.17, 15) is 37.8 Å². The molecule has 0 saturated carbocycles. The number of rotatable bonds is 25. The Bertz CT molecular complexity index is 2070. The molecule has 0 saturated heterocycles. The number of ether oxygens (including phenoxy) is 2. The maximum absolute atomic E-state index is 14.5. The summed E-state index contributed by atoms with van der Waals surface area (Å²) in [6, 6.07) is 6.02. The number of hydrogen-bond donors (Lipinski definition) is 4. The second kappa shape index (κ2) is 23.4. The number of ketones is 1. The van der Waals surface area contributed by atoms with Crippen molar-refractivity contribution in [2.24, 2.45) is 5.41 Å². The summed E-state index contributed by atoms with van der Waals surface area (Å²) in [5.74, 6) is -1.04. The van der Waals surface area contributed by atoms with Crippen LogP contribution in [0.1, 0.15) is 141 Å². The summed E-state index contributed by atoms with van der Waals surface area (Å²) < 4.78 is 55.8. The standard InChI is InChI=1S/C49H71F3N4O7/c1-12-34(18-16-17-31(2)21-23-39(55-46(61)63-47(5,6)7)42(58)20-15-13-14-19-40(53-10)45(59)60)35-22-24-41-36(26-35)38(27-48(8,9)30-57)44(56(41)29-49(50,51)52)37-25-32(3)28-54-43(37)33(4)62-11/h18,22,24-26,28,33,39-40,53,57H,2,12-17,19-21,23,27,29-30H2,1,3-11H3,(H,55,61)(H,59,60)/b34-18+/t33-,39-,40-/m0/s1. The molecule has 14 heteroatoms. The number of amides is 1. The van der Waals surface area contributed by atoms with Crippen molar-refractivity contribution in [1.82, 2.24) is 20.2 Å². The number of Topliss-reactive ketones (excluding diaryl/α,β-unsaturated/α-hetero) is 1. The third-order valence-electron chi connectivity index (χ3n) is 11.2. The minimum Gasteiger partial charge on any atom is -0.480 e. The molecule has 2 aromatic heterocycles. The molecule has 0 spiro atoms. The number of pyridine rings is 1. The first kappa shape index (κ1) is 52.8. The zero-order valence-corrected chi connectivity index (χ0v) is 39.1. The number of carbonyl (C=O) groups excluding carboxylic acids is 2. The first-order chi connectivity index (χ1) is 29.4. The molecule has 3 rings (SSSR count). The average Bonchev–Trinajstić information content (AvgIpc) is 3.47. The molecule has 11 nitrogen and oxygen atoms in total. The van der Waals surface area contributed by atoms with Crippen LogP contribution in [0, 0.1) is 12.3 Å². The van der Waals surface area contributed by atoms with Crippen LogP contribution in [-0.4, -0.2) is 82.2 Å². The molecule has 0 unspecified atom stereocenters. The van der Waals surface area contributed by atoms with E-state index < -0.39 is 54.0 Å². The van der Waals surface area contributed by atoms with Gasteiger partial charge >= 0.3 is 18.2 Å². The van der Waals surface area contributed by atoms with Crippen molar-refractivity contribution in [2.45, 2.75) is 163 Å². The summed E-state index contributed by atoms with van der Waals surface area (Å²) in [5, 5.41) is 25.9. The van der Waals surface area contributed by atoms with Crippen LogP contribution in [0.4, 0.5) is 18.0 Å². The number of nitrogens with one attached hydrogen (secondary N) is 2. The Morgan fingerprint density at radius 2 is 1.70 bits per heavy atom. The number of allylic oxidation sites excluding steroid dienone is 3. The van der Waals surface area contributed by atoms with Gasteiger partial charge in [-0.15, -0.1) is 0 Å². The fourth-order valence-corrected chi connectivity index (χ4v) is 7.74. The van der Waals surface area contributed by atoms with Crippen LogP contribution >= 0.6 is 0 Å². The van der Waals surface area contributed by atoms with Crippen LogP contribution in [-0.2, 0) is 32.0 Å². The highest BCUT2D eigenvalue weighted by atomic mass is 19.4. The van der Waals surface area contributed by atoms with Gasteiger partial charge in [-0.05, 0) is 139 Å². The number of carboxylic acid groups (broad SMARTS) is 1. The number of carbonyl (C=O) groups is 3. The summed E-state index contributed by atoms with van der Waals surface area (Å²) in [7, 11) is 3.14. The number of unbranched alkanes of at least 4 members (excludes halogenated alkanes) is 2. The lowest BCUT2D eigenvalue weighted by Crippen LogP contribution is -2.43. The molecular weight excluding hydrogens is 814 g/mol. The zero-order valence-electron chi connectivity index (χ0n) is 39.1. The number of aliphatic hydroxyl groups is 1. The van der Waals surface area contributed by atoms with Gasteiger partial charge in [0.15, 0.2) is 5.78 Å². The Kier molecular flexibility index (Phi) is 19.6. The molecule has 0 aliphatic carbocycles. The first-order valence-corrected chi connectivity index (χ1v) is 22.0. The highest BCUT2D eigenvalue weighted by Gasteiger charge is 2.34. The Morgan fingerprint density at radius 1 is 1.00 bits per heavy atom. The van der Waals surface area contributed by atoms with E-state index in [1.165, 1.54) is 11.7 Å². The minimum atomic E-state index is -4.52. The molecule has 0 aliphatic heterocycles. The van der Waals surface area contributed by atoms with Crippen LogP contribution in [0.25, 0.3) is 27.7 Å². The molecule has 63 heavy (non-hydrogen) atoms. The number of aromatic nitrogens is 2. The van der Waals surface area contributed by atoms with Crippen molar-refractivity contribution in [3.05, 3.63) is 71.1 Å². The minimum absolute atomic E-state index is 0.127. The fourth-order valence-electron chi connectivity index (χ4n) is 7.74. The predicted octanol–water partition coefficient (Wildman–Crippen LogP) is 10.8. The zero-order chi connectivity index (χ0) is 47.3. The van der Waals surface area contributed by atoms with Gasteiger partial charge in [-0.25, -0.2) is 4.79 Å². The largest absolute Gasteiger partial charge is 0.480 e. The number of aliphatic carboxylic acids is 1. The number of alkyl halides is 3. The summed E-state index contributed by atoms with van der Waals surface area (Å²) >= 11 is 0. The Hall–Kier alpha value is -4.53. The number of fused-ring (bicyclic) bond motifs is 1. The maximum Gasteiger partial charge on any atom is 0.408 e. The average molecular weight is 885 g/mol. The lowest BCUT2D eigenvalue weighted by atomic mass is 9.84. The van der Waals surface area contributed by atoms with E-state index in [4.69, 9.17) is 9.47 Å². The van der Waals surface area contributed by atoms with E-state index in [2.05, 4.69) is 28.3 Å². The topological polar surface area (TPSA) is 152 Å². The SMILES string of the molecule is C=C(CC/C=C(\CC)c1ccc2c(c1)c(CC(C)(C)CO)c(-c1cc(C)cnc1[C@H](C)OC)n2CC(F)(F)F)CC[C@H](NC(=O)OC(C)(C)C)C(=O)CCCCC[C@H](NC)C(=O)O. The Balaban J connectivity index is 1.91. The molecule has 350 valence electrons. The normalized spacial score (nSPS) is 14.1. The Morgan fingerprint density at radius 3 is 2.29 bits per heavy atom. The van der Waals surface area contributed by atoms with Crippen molar-refractivity contribution in [3.8, 4) is 11.3 Å². The van der Waals surface area contributed by atoms with Gasteiger partial charge in [-0.1, -0.05) is 57.9 Å². The van der Waals surface area contributed by atoms with E-state index in [1.54, 1.807) is 40.1 Å². The number of methoxy groups -OCH3 is 1. The number of hydrogen-bond acceptors (Lipinski definition) is 8. The van der Waals surface area contributed by atoms with Gasteiger partial charge < -0.3 is 34.9 Å². The summed E-state index contributed by atoms with van der Waals surface area (Å²) in [5.41, 5.74) is 4.78. The highest BCUT2D eigenvalue weighted by Crippen LogP contribution is 2.43. The number of alkyl carbamates (subject to hydrolysis) is 1. The molecule has 1 aromatic carbocycles. The molecule has 0 radical (unpaired) electrons. The molecule has 4 N–H and O–H groups in total. The van der Waals surface area contributed by atoms with Crippen molar-refractivity contribution in [1.29, 1.82) is 0 Å². The van der Waals surface area contributed by atoms with E-state index >= 15 is 0 Å². The van der Waals surface area contributed by atoms with Gasteiger partial charge in [0.1, 0.15) is 18.2 Å². The van der Waals surface area contributed by atoms with Crippen LogP contribution in [0.3, 0.4) is 0 Å². The quantitative estimate of drug-likeness (QED) is 0.0481. The first-order valence-electron chi connectivity index (χ1n) is 22.0. The van der Waals surface area contributed by atoms with Crippen molar-refractivity contribution >= 4 is 34.3 Å². The van der Waals surface area contributed by atoms with Gasteiger partial charge in [0, 0.05) is 42.8 Å². The van der Waals surface area contributed by atoms with Gasteiger partial charge in [-0.3, -0.25) is 14.6 Å². The molecular formula is C49H71F3N4O7. The van der Waals surface area contributed by atoms with E-state index in [-0.39, 0.29) is 18.8 Å². The predicted molar refractivity (Wildman–Crippen MR) is 244 cm³/mol. The van der Waals surface area contributed by atoms with Crippen LogP contribution < -0.4 is 10.6 Å². The molecule has 3 aromatic rings. The maximum atomic E-state index is 14.5. The second-order valence-electron chi connectivity index (χ2n) is 18.4. The molecule has 0 aliphatic rings. The molecule has 3 atom stereocenters.